The van der Waals surface area contributed by atoms with Gasteiger partial charge in [0.1, 0.15) is 0 Å². The first kappa shape index (κ1) is 12.8. The summed E-state index contributed by atoms with van der Waals surface area (Å²) in [7, 11) is 0. The Hall–Kier alpha value is -0.610. The van der Waals surface area contributed by atoms with E-state index in [0.29, 0.717) is 18.0 Å². The number of carbonyl (C=O) groups excluding carboxylic acids is 1. The van der Waals surface area contributed by atoms with Gasteiger partial charge in [0.15, 0.2) is 0 Å². The first-order valence-electron chi connectivity index (χ1n) is 6.86. The summed E-state index contributed by atoms with van der Waals surface area (Å²) in [6.45, 7) is 11.4. The largest absolute Gasteiger partial charge is 0.340 e. The maximum Gasteiger partial charge on any atom is 0.227 e. The van der Waals surface area contributed by atoms with Gasteiger partial charge in [-0.15, -0.1) is 0 Å². The van der Waals surface area contributed by atoms with E-state index < -0.39 is 0 Å². The van der Waals surface area contributed by atoms with Crippen molar-refractivity contribution in [1.82, 2.24) is 15.1 Å². The summed E-state index contributed by atoms with van der Waals surface area (Å²) < 4.78 is 0. The fourth-order valence-electron chi connectivity index (χ4n) is 2.89. The number of hydrogen-bond acceptors (Lipinski definition) is 3. The molecule has 2 fully saturated rings. The molecule has 17 heavy (non-hydrogen) atoms. The van der Waals surface area contributed by atoms with Crippen LogP contribution in [0.3, 0.4) is 0 Å². The van der Waals surface area contributed by atoms with E-state index in [1.165, 1.54) is 0 Å². The topological polar surface area (TPSA) is 35.6 Å². The highest BCUT2D eigenvalue weighted by Crippen LogP contribution is 2.19. The molecule has 0 aromatic carbocycles. The van der Waals surface area contributed by atoms with Gasteiger partial charge in [-0.25, -0.2) is 0 Å². The minimum absolute atomic E-state index is 0.209. The van der Waals surface area contributed by atoms with Crippen LogP contribution in [0.25, 0.3) is 0 Å². The zero-order valence-corrected chi connectivity index (χ0v) is 11.3. The monoisotopic (exact) mass is 239 g/mol. The van der Waals surface area contributed by atoms with E-state index >= 15 is 0 Å². The molecule has 0 spiro atoms. The highest BCUT2D eigenvalue weighted by atomic mass is 16.2. The molecule has 0 saturated carbocycles. The van der Waals surface area contributed by atoms with Crippen molar-refractivity contribution in [1.29, 1.82) is 0 Å². The van der Waals surface area contributed by atoms with Gasteiger partial charge in [0.2, 0.25) is 5.91 Å². The van der Waals surface area contributed by atoms with E-state index in [-0.39, 0.29) is 5.92 Å². The minimum atomic E-state index is 0.209. The van der Waals surface area contributed by atoms with Crippen LogP contribution in [0.15, 0.2) is 0 Å². The maximum atomic E-state index is 12.4. The molecule has 1 amide bonds. The number of nitrogens with zero attached hydrogens (tertiary/aromatic N) is 2. The second-order valence-corrected chi connectivity index (χ2v) is 5.59. The van der Waals surface area contributed by atoms with Crippen LogP contribution >= 0.6 is 0 Å². The predicted molar refractivity (Wildman–Crippen MR) is 68.9 cm³/mol. The summed E-state index contributed by atoms with van der Waals surface area (Å²) in [5.74, 6) is 0.575. The predicted octanol–water partition coefficient (Wildman–Crippen LogP) is 0.537. The molecule has 98 valence electrons. The Bertz CT molecular complexity index is 272. The van der Waals surface area contributed by atoms with Crippen molar-refractivity contribution in [3.05, 3.63) is 0 Å². The Morgan fingerprint density at radius 3 is 2.35 bits per heavy atom. The van der Waals surface area contributed by atoms with Gasteiger partial charge in [-0.1, -0.05) is 0 Å². The second kappa shape index (κ2) is 5.36. The number of nitrogens with one attached hydrogen (secondary N) is 1. The van der Waals surface area contributed by atoms with Gasteiger partial charge in [-0.2, -0.15) is 0 Å². The maximum absolute atomic E-state index is 12.4. The molecule has 2 unspecified atom stereocenters. The van der Waals surface area contributed by atoms with Gasteiger partial charge in [0.05, 0.1) is 5.92 Å². The lowest BCUT2D eigenvalue weighted by molar-refractivity contribution is -0.137. The van der Waals surface area contributed by atoms with Crippen LogP contribution in [-0.4, -0.2) is 60.5 Å². The molecule has 2 heterocycles. The van der Waals surface area contributed by atoms with Crippen molar-refractivity contribution in [3.63, 3.8) is 0 Å². The Balaban J connectivity index is 1.86. The fraction of sp³-hybridized carbons (Fsp3) is 0.923. The van der Waals surface area contributed by atoms with Gasteiger partial charge >= 0.3 is 0 Å². The fourth-order valence-corrected chi connectivity index (χ4v) is 2.89. The summed E-state index contributed by atoms with van der Waals surface area (Å²) in [6, 6.07) is 0.949. The average Bonchev–Trinajstić information content (AvgIpc) is 2.74. The number of rotatable bonds is 2. The Morgan fingerprint density at radius 1 is 1.24 bits per heavy atom. The number of hydrogen-bond donors (Lipinski definition) is 1. The van der Waals surface area contributed by atoms with E-state index in [2.05, 4.69) is 35.9 Å². The Labute approximate surface area is 104 Å². The van der Waals surface area contributed by atoms with E-state index in [0.717, 1.165) is 39.1 Å². The highest BCUT2D eigenvalue weighted by Gasteiger charge is 2.33. The molecule has 0 aromatic rings. The molecule has 2 aliphatic rings. The molecule has 4 heteroatoms. The van der Waals surface area contributed by atoms with Crippen LogP contribution in [0.2, 0.25) is 0 Å². The molecule has 2 saturated heterocycles. The van der Waals surface area contributed by atoms with Crippen LogP contribution in [0.4, 0.5) is 0 Å². The van der Waals surface area contributed by atoms with Gasteiger partial charge in [0, 0.05) is 38.3 Å². The smallest absolute Gasteiger partial charge is 0.227 e. The van der Waals surface area contributed by atoms with Crippen molar-refractivity contribution in [2.75, 3.05) is 32.7 Å². The van der Waals surface area contributed by atoms with Crippen molar-refractivity contribution >= 4 is 5.91 Å². The molecule has 2 aliphatic heterocycles. The quantitative estimate of drug-likeness (QED) is 0.764. The lowest BCUT2D eigenvalue weighted by Crippen LogP contribution is -2.52. The molecule has 2 atom stereocenters. The van der Waals surface area contributed by atoms with E-state index in [4.69, 9.17) is 0 Å². The summed E-state index contributed by atoms with van der Waals surface area (Å²) in [4.78, 5) is 16.9. The average molecular weight is 239 g/mol. The van der Waals surface area contributed by atoms with Crippen LogP contribution in [0.1, 0.15) is 27.2 Å². The third-order valence-corrected chi connectivity index (χ3v) is 4.20. The van der Waals surface area contributed by atoms with E-state index in [1.54, 1.807) is 0 Å². The van der Waals surface area contributed by atoms with Crippen molar-refractivity contribution in [3.8, 4) is 0 Å². The first-order chi connectivity index (χ1) is 8.09. The Morgan fingerprint density at radius 2 is 1.88 bits per heavy atom. The number of piperazine rings is 1. The molecular weight excluding hydrogens is 214 g/mol. The van der Waals surface area contributed by atoms with Crippen LogP contribution in [-0.2, 0) is 4.79 Å². The van der Waals surface area contributed by atoms with Gasteiger partial charge < -0.3 is 10.2 Å². The van der Waals surface area contributed by atoms with Crippen LogP contribution in [0.5, 0.6) is 0 Å². The molecule has 0 aromatic heterocycles. The molecule has 0 radical (unpaired) electrons. The third kappa shape index (κ3) is 2.80. The van der Waals surface area contributed by atoms with E-state index in [9.17, 15) is 4.79 Å². The third-order valence-electron chi connectivity index (χ3n) is 4.20. The van der Waals surface area contributed by atoms with Crippen molar-refractivity contribution < 1.29 is 4.79 Å². The lowest BCUT2D eigenvalue weighted by atomic mass is 10.00. The van der Waals surface area contributed by atoms with Gasteiger partial charge in [-0.05, 0) is 33.7 Å². The lowest BCUT2D eigenvalue weighted by Gasteiger charge is -2.38. The molecule has 4 nitrogen and oxygen atoms in total. The van der Waals surface area contributed by atoms with Crippen LogP contribution < -0.4 is 5.32 Å². The molecule has 0 aliphatic carbocycles. The molecule has 2 rings (SSSR count). The SMILES string of the molecule is CC1NCCC1C(=O)N1CCN(C(C)C)CC1. The molecular formula is C13H25N3O. The summed E-state index contributed by atoms with van der Waals surface area (Å²) in [6.07, 6.45) is 1.00. The second-order valence-electron chi connectivity index (χ2n) is 5.59. The van der Waals surface area contributed by atoms with Crippen molar-refractivity contribution in [2.45, 2.75) is 39.3 Å². The van der Waals surface area contributed by atoms with E-state index in [1.807, 2.05) is 0 Å². The van der Waals surface area contributed by atoms with Gasteiger partial charge in [0.25, 0.3) is 0 Å². The zero-order chi connectivity index (χ0) is 12.4. The minimum Gasteiger partial charge on any atom is -0.340 e. The van der Waals surface area contributed by atoms with Crippen molar-refractivity contribution in [2.24, 2.45) is 5.92 Å². The zero-order valence-electron chi connectivity index (χ0n) is 11.3. The van der Waals surface area contributed by atoms with Crippen LogP contribution in [0, 0.1) is 5.92 Å². The Kier molecular flexibility index (Phi) is 4.05. The first-order valence-corrected chi connectivity index (χ1v) is 6.86. The standard InChI is InChI=1S/C13H25N3O/c1-10(2)15-6-8-16(9-7-15)13(17)12-4-5-14-11(12)3/h10-12,14H,4-9H2,1-3H3. The number of carbonyl (C=O) groups is 1. The normalized spacial score (nSPS) is 31.2. The summed E-state index contributed by atoms with van der Waals surface area (Å²) >= 11 is 0. The number of amides is 1. The summed E-state index contributed by atoms with van der Waals surface area (Å²) in [5, 5.41) is 3.36. The summed E-state index contributed by atoms with van der Waals surface area (Å²) in [5.41, 5.74) is 0. The highest BCUT2D eigenvalue weighted by molar-refractivity contribution is 5.80. The molecule has 1 N–H and O–H groups in total. The van der Waals surface area contributed by atoms with Gasteiger partial charge in [-0.3, -0.25) is 9.69 Å². The molecule has 0 bridgehead atoms.